The molecule has 0 bridgehead atoms. The summed E-state index contributed by atoms with van der Waals surface area (Å²) in [4.78, 5) is 33.6. The maximum absolute atomic E-state index is 14.1. The summed E-state index contributed by atoms with van der Waals surface area (Å²) in [6, 6.07) is 15.9. The fourth-order valence-electron chi connectivity index (χ4n) is 4.94. The van der Waals surface area contributed by atoms with Crippen LogP contribution in [0.3, 0.4) is 0 Å². The first kappa shape index (κ1) is 21.1. The molecule has 2 N–H and O–H groups in total. The number of carbonyl (C=O) groups excluding carboxylic acids is 2. The zero-order valence-corrected chi connectivity index (χ0v) is 17.8. The molecule has 33 heavy (non-hydrogen) atoms. The molecule has 7 nitrogen and oxygen atoms in total. The number of nitrogens with one attached hydrogen (secondary N) is 1. The lowest BCUT2D eigenvalue weighted by atomic mass is 9.71. The molecule has 8 heteroatoms. The lowest BCUT2D eigenvalue weighted by Gasteiger charge is -2.58. The lowest BCUT2D eigenvalue weighted by Crippen LogP contribution is -2.71. The molecule has 2 aliphatic heterocycles. The van der Waals surface area contributed by atoms with E-state index in [-0.39, 0.29) is 49.2 Å². The zero-order chi connectivity index (χ0) is 22.9. The van der Waals surface area contributed by atoms with E-state index < -0.39 is 11.8 Å². The normalized spacial score (nSPS) is 21.0. The number of aliphatic hydroxyl groups is 1. The molecule has 1 saturated heterocycles. The second-order valence-electron chi connectivity index (χ2n) is 8.26. The van der Waals surface area contributed by atoms with E-state index in [1.54, 1.807) is 40.4 Å². The molecule has 168 valence electrons. The maximum Gasteiger partial charge on any atom is 0.326 e. The Morgan fingerprint density at radius 2 is 1.88 bits per heavy atom. The van der Waals surface area contributed by atoms with Gasteiger partial charge in [-0.05, 0) is 35.4 Å². The van der Waals surface area contributed by atoms with Crippen LogP contribution in [0.1, 0.15) is 17.0 Å². The topological polar surface area (TPSA) is 85.8 Å². The summed E-state index contributed by atoms with van der Waals surface area (Å²) in [5.74, 6) is -0.731. The van der Waals surface area contributed by atoms with E-state index in [1.807, 2.05) is 30.3 Å². The number of anilines is 2. The van der Waals surface area contributed by atoms with Crippen molar-refractivity contribution in [3.8, 4) is 0 Å². The molecule has 0 radical (unpaired) electrons. The van der Waals surface area contributed by atoms with E-state index in [0.717, 1.165) is 11.1 Å². The Morgan fingerprint density at radius 1 is 1.09 bits per heavy atom. The van der Waals surface area contributed by atoms with Gasteiger partial charge in [-0.15, -0.1) is 0 Å². The number of nitrogens with zero attached hydrogens (tertiary/aromatic N) is 3. The Balaban J connectivity index is 1.43. The average molecular weight is 446 g/mol. The maximum atomic E-state index is 14.1. The molecule has 1 aromatic heterocycles. The van der Waals surface area contributed by atoms with Gasteiger partial charge in [0.1, 0.15) is 5.82 Å². The first-order valence-electron chi connectivity index (χ1n) is 10.8. The van der Waals surface area contributed by atoms with Crippen molar-refractivity contribution in [1.82, 2.24) is 9.88 Å². The van der Waals surface area contributed by atoms with E-state index in [1.165, 1.54) is 12.1 Å². The zero-order valence-electron chi connectivity index (χ0n) is 17.8. The number of para-hydroxylation sites is 2. The Hall–Kier alpha value is -3.78. The number of halogens is 1. The molecule has 3 heterocycles. The van der Waals surface area contributed by atoms with Gasteiger partial charge in [-0.3, -0.25) is 14.7 Å². The second-order valence-corrected chi connectivity index (χ2v) is 8.26. The van der Waals surface area contributed by atoms with E-state index in [0.29, 0.717) is 5.69 Å². The number of amides is 3. The van der Waals surface area contributed by atoms with Crippen LogP contribution in [-0.4, -0.2) is 52.2 Å². The highest BCUT2D eigenvalue weighted by Crippen LogP contribution is 2.48. The smallest absolute Gasteiger partial charge is 0.326 e. The van der Waals surface area contributed by atoms with Gasteiger partial charge in [-0.25, -0.2) is 9.18 Å². The van der Waals surface area contributed by atoms with Crippen LogP contribution in [0, 0.1) is 5.82 Å². The lowest BCUT2D eigenvalue weighted by molar-refractivity contribution is -0.149. The van der Waals surface area contributed by atoms with Crippen LogP contribution in [-0.2, 0) is 11.2 Å². The third-order valence-corrected chi connectivity index (χ3v) is 6.41. The quantitative estimate of drug-likeness (QED) is 0.645. The molecule has 0 unspecified atom stereocenters. The molecular weight excluding hydrogens is 423 g/mol. The van der Waals surface area contributed by atoms with Gasteiger partial charge in [0.2, 0.25) is 5.91 Å². The molecule has 0 spiro atoms. The van der Waals surface area contributed by atoms with Crippen molar-refractivity contribution >= 4 is 23.3 Å². The Bertz CT molecular complexity index is 1190. The number of aromatic nitrogens is 1. The first-order chi connectivity index (χ1) is 16.1. The van der Waals surface area contributed by atoms with Crippen LogP contribution in [0.4, 0.5) is 20.6 Å². The van der Waals surface area contributed by atoms with Crippen molar-refractivity contribution in [3.05, 3.63) is 90.0 Å². The van der Waals surface area contributed by atoms with Crippen molar-refractivity contribution in [2.45, 2.75) is 24.4 Å². The number of fused-ring (bicyclic) bond motifs is 3. The largest absolute Gasteiger partial charge is 0.394 e. The van der Waals surface area contributed by atoms with Gasteiger partial charge in [0, 0.05) is 30.5 Å². The van der Waals surface area contributed by atoms with Gasteiger partial charge >= 0.3 is 6.03 Å². The number of pyridine rings is 1. The molecule has 5 rings (SSSR count). The molecule has 3 atom stereocenters. The molecule has 3 aromatic rings. The first-order valence-corrected chi connectivity index (χ1v) is 10.8. The van der Waals surface area contributed by atoms with Gasteiger partial charge in [0.15, 0.2) is 0 Å². The fourth-order valence-corrected chi connectivity index (χ4v) is 4.94. The number of hydrogen-bond donors (Lipinski definition) is 2. The summed E-state index contributed by atoms with van der Waals surface area (Å²) < 4.78 is 14.1. The number of benzene rings is 2. The summed E-state index contributed by atoms with van der Waals surface area (Å²) in [6.45, 7) is 0.0763. The Labute approximate surface area is 190 Å². The molecule has 2 aromatic carbocycles. The molecule has 3 amide bonds. The minimum absolute atomic E-state index is 0.0819. The number of carbonyl (C=O) groups is 2. The molecule has 0 saturated carbocycles. The highest BCUT2D eigenvalue weighted by atomic mass is 19.1. The monoisotopic (exact) mass is 446 g/mol. The molecular formula is C25H23FN4O3. The van der Waals surface area contributed by atoms with Gasteiger partial charge in [0.05, 0.1) is 30.8 Å². The van der Waals surface area contributed by atoms with Gasteiger partial charge in [0.25, 0.3) is 0 Å². The van der Waals surface area contributed by atoms with Crippen LogP contribution in [0.15, 0.2) is 73.1 Å². The van der Waals surface area contributed by atoms with Crippen molar-refractivity contribution in [1.29, 1.82) is 0 Å². The van der Waals surface area contributed by atoms with Crippen LogP contribution in [0.2, 0.25) is 0 Å². The number of aliphatic hydroxyl groups excluding tert-OH is 1. The molecule has 1 fully saturated rings. The van der Waals surface area contributed by atoms with Crippen LogP contribution >= 0.6 is 0 Å². The Kier molecular flexibility index (Phi) is 5.51. The number of likely N-dealkylation sites (tertiary alicyclic amines) is 1. The van der Waals surface area contributed by atoms with Crippen LogP contribution in [0.25, 0.3) is 0 Å². The fraction of sp³-hybridized carbons (Fsp3) is 0.240. The molecule has 2 aliphatic rings. The highest BCUT2D eigenvalue weighted by Gasteiger charge is 2.55. The van der Waals surface area contributed by atoms with Crippen molar-refractivity contribution in [3.63, 3.8) is 0 Å². The van der Waals surface area contributed by atoms with E-state index in [2.05, 4.69) is 10.3 Å². The van der Waals surface area contributed by atoms with Crippen molar-refractivity contribution in [2.24, 2.45) is 0 Å². The third kappa shape index (κ3) is 3.72. The standard InChI is InChI=1S/C25H23FN4O3/c26-18-8-2-3-9-19(18)28-25(33)29-14-21-24(17-7-1-4-10-20(17)29)22(15-31)30(21)23(32)12-16-6-5-11-27-13-16/h1-11,13,21-22,24,31H,12,14-15H2,(H,28,33)/t21-,22-,24+/m1/s1. The van der Waals surface area contributed by atoms with Gasteiger partial charge in [-0.2, -0.15) is 0 Å². The summed E-state index contributed by atoms with van der Waals surface area (Å²) in [7, 11) is 0. The van der Waals surface area contributed by atoms with Gasteiger partial charge < -0.3 is 15.3 Å². The van der Waals surface area contributed by atoms with Crippen LogP contribution in [0.5, 0.6) is 0 Å². The van der Waals surface area contributed by atoms with Crippen molar-refractivity contribution < 1.29 is 19.1 Å². The van der Waals surface area contributed by atoms with E-state index in [9.17, 15) is 19.1 Å². The average Bonchev–Trinajstić information content (AvgIpc) is 2.81. The highest BCUT2D eigenvalue weighted by molar-refractivity contribution is 6.03. The SMILES string of the molecule is O=C(Nc1ccccc1F)N1C[C@@H]2[C@H](c3ccccc31)[C@@H](CO)N2C(=O)Cc1cccnc1. The second kappa shape index (κ2) is 8.63. The Morgan fingerprint density at radius 3 is 2.64 bits per heavy atom. The third-order valence-electron chi connectivity index (χ3n) is 6.41. The van der Waals surface area contributed by atoms with E-state index >= 15 is 0 Å². The molecule has 0 aliphatic carbocycles. The summed E-state index contributed by atoms with van der Waals surface area (Å²) in [5.41, 5.74) is 2.47. The predicted molar refractivity (Wildman–Crippen MR) is 121 cm³/mol. The number of hydrogen-bond acceptors (Lipinski definition) is 4. The summed E-state index contributed by atoms with van der Waals surface area (Å²) >= 11 is 0. The van der Waals surface area contributed by atoms with Crippen molar-refractivity contribution in [2.75, 3.05) is 23.4 Å². The van der Waals surface area contributed by atoms with Gasteiger partial charge in [-0.1, -0.05) is 36.4 Å². The number of urea groups is 1. The minimum atomic E-state index is -0.522. The summed E-state index contributed by atoms with van der Waals surface area (Å²) in [5, 5.41) is 12.7. The predicted octanol–water partition coefficient (Wildman–Crippen LogP) is 3.17. The van der Waals surface area contributed by atoms with Crippen LogP contribution < -0.4 is 10.2 Å². The minimum Gasteiger partial charge on any atom is -0.394 e. The number of rotatable bonds is 4. The summed E-state index contributed by atoms with van der Waals surface area (Å²) in [6.07, 6.45) is 3.46. The van der Waals surface area contributed by atoms with E-state index in [4.69, 9.17) is 0 Å².